The topological polar surface area (TPSA) is 96.6 Å². The maximum atomic E-state index is 14.6. The maximum absolute atomic E-state index is 14.6. The predicted molar refractivity (Wildman–Crippen MR) is 156 cm³/mol. The Bertz CT molecular complexity index is 1640. The number of ether oxygens (including phenoxy) is 3. The molecule has 1 saturated heterocycles. The molecule has 1 fully saturated rings. The van der Waals surface area contributed by atoms with Crippen LogP contribution in [0, 0.1) is 17.1 Å². The zero-order valence-corrected chi connectivity index (χ0v) is 23.5. The minimum Gasteiger partial charge on any atom is -0.488 e. The van der Waals surface area contributed by atoms with Crippen molar-refractivity contribution in [3.05, 3.63) is 112 Å². The van der Waals surface area contributed by atoms with Gasteiger partial charge in [0.05, 0.1) is 35.9 Å². The molecule has 6 rings (SSSR count). The normalized spacial score (nSPS) is 19.3. The Morgan fingerprint density at radius 2 is 1.93 bits per heavy atom. The van der Waals surface area contributed by atoms with E-state index in [-0.39, 0.29) is 31.2 Å². The molecule has 0 saturated carbocycles. The summed E-state index contributed by atoms with van der Waals surface area (Å²) in [6.45, 7) is 1.27. The Balaban J connectivity index is 1.27. The Morgan fingerprint density at radius 3 is 2.74 bits per heavy atom. The summed E-state index contributed by atoms with van der Waals surface area (Å²) in [5.41, 5.74) is 5.51. The van der Waals surface area contributed by atoms with Gasteiger partial charge in [0, 0.05) is 41.7 Å². The van der Waals surface area contributed by atoms with Gasteiger partial charge in [-0.05, 0) is 47.7 Å². The average molecular weight is 586 g/mol. The zero-order valence-electron chi connectivity index (χ0n) is 22.7. The van der Waals surface area contributed by atoms with Crippen molar-refractivity contribution in [3.8, 4) is 28.7 Å². The van der Waals surface area contributed by atoms with Crippen LogP contribution in [0.4, 0.5) is 4.39 Å². The van der Waals surface area contributed by atoms with E-state index < -0.39 is 6.10 Å². The lowest BCUT2D eigenvalue weighted by atomic mass is 9.96. The van der Waals surface area contributed by atoms with E-state index in [2.05, 4.69) is 16.4 Å². The Hall–Kier alpha value is -4.00. The summed E-state index contributed by atoms with van der Waals surface area (Å²) in [5, 5.41) is 23.1. The largest absolute Gasteiger partial charge is 0.488 e. The first kappa shape index (κ1) is 28.1. The number of hydrogen-bond donors (Lipinski definition) is 2. The predicted octanol–water partition coefficient (Wildman–Crippen LogP) is 5.91. The van der Waals surface area contributed by atoms with E-state index in [1.807, 2.05) is 24.3 Å². The van der Waals surface area contributed by atoms with Gasteiger partial charge in [-0.25, -0.2) is 4.39 Å². The fourth-order valence-electron chi connectivity index (χ4n) is 5.53. The number of benzene rings is 3. The highest BCUT2D eigenvalue weighted by molar-refractivity contribution is 6.32. The van der Waals surface area contributed by atoms with E-state index in [9.17, 15) is 14.8 Å². The third kappa shape index (κ3) is 5.96. The number of pyridine rings is 1. The lowest BCUT2D eigenvalue weighted by Crippen LogP contribution is -2.38. The van der Waals surface area contributed by atoms with Gasteiger partial charge >= 0.3 is 0 Å². The summed E-state index contributed by atoms with van der Waals surface area (Å²) in [7, 11) is 0. The van der Waals surface area contributed by atoms with Crippen molar-refractivity contribution in [2.24, 2.45) is 0 Å². The van der Waals surface area contributed by atoms with Crippen molar-refractivity contribution in [2.75, 3.05) is 13.2 Å². The minimum absolute atomic E-state index is 0.185. The molecule has 214 valence electrons. The monoisotopic (exact) mass is 585 g/mol. The quantitative estimate of drug-likeness (QED) is 0.252. The third-order valence-corrected chi connectivity index (χ3v) is 7.98. The summed E-state index contributed by atoms with van der Waals surface area (Å²) >= 11 is 6.76. The molecule has 0 spiro atoms. The zero-order chi connectivity index (χ0) is 29.1. The molecular formula is C33H29ClFN3O4. The SMILES string of the molecule is N#Cc1cncc(COc2cc(O[C@H]3CCc4c(-c5ccccc5F)cccc43)c(Cl)cc2CN[C@@H]2COC[C@H]2O)c1. The standard InChI is InChI=1S/C33H29ClFN3O4/c34-27-11-22(16-38-29-18-40-19-30(29)39)32(41-17-21-10-20(13-36)14-37-15-21)12-33(27)42-31-9-8-24-23(5-3-6-26(24)31)25-4-1-2-7-28(25)35/h1-7,10-12,14-15,29-31,38-39H,8-9,16-19H2/t29-,30-,31+/m1/s1. The van der Waals surface area contributed by atoms with Crippen molar-refractivity contribution in [1.29, 1.82) is 5.26 Å². The van der Waals surface area contributed by atoms with Gasteiger partial charge in [0.25, 0.3) is 0 Å². The molecule has 2 aliphatic rings. The highest BCUT2D eigenvalue weighted by atomic mass is 35.5. The number of nitriles is 1. The highest BCUT2D eigenvalue weighted by Gasteiger charge is 2.29. The minimum atomic E-state index is -0.594. The van der Waals surface area contributed by atoms with Gasteiger partial charge in [0.2, 0.25) is 0 Å². The molecule has 3 aromatic carbocycles. The molecule has 2 heterocycles. The van der Waals surface area contributed by atoms with E-state index in [1.165, 1.54) is 12.3 Å². The second kappa shape index (κ2) is 12.5. The number of halogens is 2. The van der Waals surface area contributed by atoms with Crippen LogP contribution in [0.5, 0.6) is 11.5 Å². The van der Waals surface area contributed by atoms with Crippen LogP contribution in [0.25, 0.3) is 11.1 Å². The number of nitrogens with zero attached hydrogens (tertiary/aromatic N) is 2. The van der Waals surface area contributed by atoms with Gasteiger partial charge in [0.15, 0.2) is 0 Å². The third-order valence-electron chi connectivity index (χ3n) is 7.69. The van der Waals surface area contributed by atoms with Gasteiger partial charge in [-0.1, -0.05) is 48.0 Å². The van der Waals surface area contributed by atoms with Crippen LogP contribution in [0.1, 0.15) is 40.3 Å². The van der Waals surface area contributed by atoms with Crippen molar-refractivity contribution in [3.63, 3.8) is 0 Å². The smallest absolute Gasteiger partial charge is 0.142 e. The summed E-state index contributed by atoms with van der Waals surface area (Å²) in [5.74, 6) is 0.769. The Morgan fingerprint density at radius 1 is 1.07 bits per heavy atom. The van der Waals surface area contributed by atoms with E-state index in [4.69, 9.17) is 25.8 Å². The summed E-state index contributed by atoms with van der Waals surface area (Å²) in [6.07, 6.45) is 3.77. The first-order valence-corrected chi connectivity index (χ1v) is 14.2. The van der Waals surface area contributed by atoms with E-state index in [0.717, 1.165) is 40.7 Å². The number of hydrogen-bond acceptors (Lipinski definition) is 7. The molecule has 0 radical (unpaired) electrons. The second-order valence-electron chi connectivity index (χ2n) is 10.5. The van der Waals surface area contributed by atoms with E-state index in [0.29, 0.717) is 40.8 Å². The number of aliphatic hydroxyl groups is 1. The number of nitrogens with one attached hydrogen (secondary N) is 1. The molecule has 3 atom stereocenters. The summed E-state index contributed by atoms with van der Waals surface area (Å²) in [6, 6.07) is 19.9. The summed E-state index contributed by atoms with van der Waals surface area (Å²) in [4.78, 5) is 4.12. The molecule has 1 aliphatic carbocycles. The van der Waals surface area contributed by atoms with Crippen molar-refractivity contribution in [2.45, 2.75) is 44.2 Å². The first-order chi connectivity index (χ1) is 20.5. The Kier molecular flexibility index (Phi) is 8.36. The molecule has 0 bridgehead atoms. The van der Waals surface area contributed by atoms with Crippen LogP contribution in [0.2, 0.25) is 5.02 Å². The molecule has 4 aromatic rings. The molecule has 1 aliphatic heterocycles. The second-order valence-corrected chi connectivity index (χ2v) is 10.9. The molecule has 2 N–H and O–H groups in total. The van der Waals surface area contributed by atoms with Crippen LogP contribution in [0.15, 0.2) is 73.1 Å². The van der Waals surface area contributed by atoms with Crippen LogP contribution in [-0.2, 0) is 24.3 Å². The number of aliphatic hydroxyl groups excluding tert-OH is 1. The molecule has 0 amide bonds. The van der Waals surface area contributed by atoms with Gasteiger partial charge in [0.1, 0.15) is 36.1 Å². The first-order valence-electron chi connectivity index (χ1n) is 13.8. The van der Waals surface area contributed by atoms with Gasteiger partial charge in [-0.3, -0.25) is 4.98 Å². The van der Waals surface area contributed by atoms with Crippen LogP contribution in [-0.4, -0.2) is 35.5 Å². The van der Waals surface area contributed by atoms with Crippen molar-refractivity contribution >= 4 is 11.6 Å². The molecular weight excluding hydrogens is 557 g/mol. The number of rotatable bonds is 9. The van der Waals surface area contributed by atoms with E-state index in [1.54, 1.807) is 36.5 Å². The van der Waals surface area contributed by atoms with E-state index >= 15 is 0 Å². The van der Waals surface area contributed by atoms with Gasteiger partial charge in [-0.2, -0.15) is 5.26 Å². The fourth-order valence-corrected chi connectivity index (χ4v) is 5.76. The van der Waals surface area contributed by atoms with Gasteiger partial charge < -0.3 is 24.6 Å². The van der Waals surface area contributed by atoms with Crippen LogP contribution >= 0.6 is 11.6 Å². The number of fused-ring (bicyclic) bond motifs is 1. The molecule has 9 heteroatoms. The van der Waals surface area contributed by atoms with Gasteiger partial charge in [-0.15, -0.1) is 0 Å². The average Bonchev–Trinajstić information content (AvgIpc) is 3.62. The lowest BCUT2D eigenvalue weighted by molar-refractivity contribution is 0.122. The molecule has 1 aromatic heterocycles. The molecule has 0 unspecified atom stereocenters. The molecule has 42 heavy (non-hydrogen) atoms. The van der Waals surface area contributed by atoms with Crippen LogP contribution in [0.3, 0.4) is 0 Å². The summed E-state index contributed by atoms with van der Waals surface area (Å²) < 4.78 is 32.7. The molecule has 7 nitrogen and oxygen atoms in total. The Labute approximate surface area is 248 Å². The van der Waals surface area contributed by atoms with Crippen LogP contribution < -0.4 is 14.8 Å². The maximum Gasteiger partial charge on any atom is 0.142 e. The fraction of sp³-hybridized carbons (Fsp3) is 0.273. The highest BCUT2D eigenvalue weighted by Crippen LogP contribution is 2.43. The van der Waals surface area contributed by atoms with Crippen molar-refractivity contribution in [1.82, 2.24) is 10.3 Å². The lowest BCUT2D eigenvalue weighted by Gasteiger charge is -2.21. The van der Waals surface area contributed by atoms with Crippen molar-refractivity contribution < 1.29 is 23.7 Å². The number of aromatic nitrogens is 1.